The van der Waals surface area contributed by atoms with Crippen LogP contribution in [0.2, 0.25) is 0 Å². The number of aryl methyl sites for hydroxylation is 1. The lowest BCUT2D eigenvalue weighted by Crippen LogP contribution is -2.42. The first kappa shape index (κ1) is 20.0. The van der Waals surface area contributed by atoms with Gasteiger partial charge in [0, 0.05) is 19.6 Å². The molecule has 150 valence electrons. The molecule has 0 saturated carbocycles. The molecule has 1 amide bonds. The molecule has 0 radical (unpaired) electrons. The molecule has 1 aromatic carbocycles. The lowest BCUT2D eigenvalue weighted by molar-refractivity contribution is -0.120. The van der Waals surface area contributed by atoms with Crippen LogP contribution >= 0.6 is 0 Å². The van der Waals surface area contributed by atoms with Crippen LogP contribution in [0, 0.1) is 11.7 Å². The first-order chi connectivity index (χ1) is 13.6. The highest BCUT2D eigenvalue weighted by Gasteiger charge is 2.24. The van der Waals surface area contributed by atoms with Crippen molar-refractivity contribution in [2.45, 2.75) is 32.6 Å². The Morgan fingerprint density at radius 3 is 2.82 bits per heavy atom. The lowest BCUT2D eigenvalue weighted by Gasteiger charge is -2.33. The van der Waals surface area contributed by atoms with Gasteiger partial charge >= 0.3 is 0 Å². The van der Waals surface area contributed by atoms with E-state index < -0.39 is 0 Å². The van der Waals surface area contributed by atoms with Crippen molar-refractivity contribution < 1.29 is 13.9 Å². The van der Waals surface area contributed by atoms with Gasteiger partial charge in [0.1, 0.15) is 12.1 Å². The van der Waals surface area contributed by atoms with Crippen LogP contribution in [-0.4, -0.2) is 42.6 Å². The van der Waals surface area contributed by atoms with Gasteiger partial charge < -0.3 is 15.0 Å². The number of ether oxygens (including phenoxy) is 1. The molecule has 1 fully saturated rings. The molecule has 1 saturated heterocycles. The molecule has 3 rings (SSSR count). The fourth-order valence-corrected chi connectivity index (χ4v) is 3.54. The molecule has 0 bridgehead atoms. The van der Waals surface area contributed by atoms with Crippen LogP contribution in [0.15, 0.2) is 30.6 Å². The van der Waals surface area contributed by atoms with Crippen molar-refractivity contribution in [2.24, 2.45) is 5.92 Å². The average molecular weight is 386 g/mol. The zero-order chi connectivity index (χ0) is 19.9. The third-order valence-corrected chi connectivity index (χ3v) is 5.11. The molecule has 1 aromatic heterocycles. The molecule has 1 atom stereocenters. The van der Waals surface area contributed by atoms with E-state index >= 15 is 0 Å². The normalized spacial score (nSPS) is 16.7. The van der Waals surface area contributed by atoms with Crippen LogP contribution in [-0.2, 0) is 17.6 Å². The van der Waals surface area contributed by atoms with E-state index in [1.807, 2.05) is 36.1 Å². The van der Waals surface area contributed by atoms with Crippen LogP contribution in [0.3, 0.4) is 0 Å². The zero-order valence-electron chi connectivity index (χ0n) is 16.4. The molecular formula is C21H27FN4O2. The van der Waals surface area contributed by atoms with Gasteiger partial charge in [-0.3, -0.25) is 4.79 Å². The first-order valence-corrected chi connectivity index (χ1v) is 9.74. The molecular weight excluding hydrogens is 359 g/mol. The minimum atomic E-state index is -0.325. The summed E-state index contributed by atoms with van der Waals surface area (Å²) in [6.45, 7) is 3.92. The number of hydrogen-bond acceptors (Lipinski definition) is 5. The fraction of sp³-hybridized carbons (Fsp3) is 0.476. The molecule has 0 unspecified atom stereocenters. The van der Waals surface area contributed by atoms with Gasteiger partial charge in [0.25, 0.3) is 0 Å². The van der Waals surface area contributed by atoms with Crippen molar-refractivity contribution in [2.75, 3.05) is 31.6 Å². The number of amides is 1. The van der Waals surface area contributed by atoms with Gasteiger partial charge in [-0.15, -0.1) is 0 Å². The summed E-state index contributed by atoms with van der Waals surface area (Å²) in [7, 11) is 1.62. The summed E-state index contributed by atoms with van der Waals surface area (Å²) < 4.78 is 19.7. The summed E-state index contributed by atoms with van der Waals surface area (Å²) in [6.07, 6.45) is 4.26. The smallest absolute Gasteiger partial charge is 0.224 e. The van der Waals surface area contributed by atoms with Gasteiger partial charge in [-0.05, 0) is 42.9 Å². The number of aromatic nitrogens is 2. The summed E-state index contributed by atoms with van der Waals surface area (Å²) in [6, 6.07) is 7.48. The molecule has 1 N–H and O–H groups in total. The van der Waals surface area contributed by atoms with E-state index in [1.165, 1.54) is 6.33 Å². The van der Waals surface area contributed by atoms with Crippen LogP contribution in [0.5, 0.6) is 5.75 Å². The van der Waals surface area contributed by atoms with E-state index in [0.717, 1.165) is 30.7 Å². The molecule has 28 heavy (non-hydrogen) atoms. The van der Waals surface area contributed by atoms with Gasteiger partial charge in [-0.1, -0.05) is 19.1 Å². The predicted molar refractivity (Wildman–Crippen MR) is 106 cm³/mol. The molecule has 0 spiro atoms. The maximum Gasteiger partial charge on any atom is 0.224 e. The molecule has 6 nitrogen and oxygen atoms in total. The van der Waals surface area contributed by atoms with Gasteiger partial charge in [-0.25, -0.2) is 14.4 Å². The van der Waals surface area contributed by atoms with Crippen LogP contribution in [0.4, 0.5) is 10.2 Å². The third-order valence-electron chi connectivity index (χ3n) is 5.11. The maximum absolute atomic E-state index is 14.5. The van der Waals surface area contributed by atoms with Gasteiger partial charge in [0.15, 0.2) is 11.6 Å². The zero-order valence-corrected chi connectivity index (χ0v) is 16.4. The van der Waals surface area contributed by atoms with Crippen molar-refractivity contribution in [3.8, 4) is 5.75 Å². The molecule has 0 aliphatic carbocycles. The summed E-state index contributed by atoms with van der Waals surface area (Å²) in [4.78, 5) is 22.4. The number of nitrogens with zero attached hydrogens (tertiary/aromatic N) is 3. The van der Waals surface area contributed by atoms with E-state index in [9.17, 15) is 9.18 Å². The number of piperidine rings is 1. The molecule has 1 aliphatic rings. The minimum Gasteiger partial charge on any atom is -0.497 e. The molecule has 1 aliphatic heterocycles. The second kappa shape index (κ2) is 9.48. The topological polar surface area (TPSA) is 67.4 Å². The number of anilines is 1. The fourth-order valence-electron chi connectivity index (χ4n) is 3.54. The van der Waals surface area contributed by atoms with Crippen molar-refractivity contribution in [3.63, 3.8) is 0 Å². The van der Waals surface area contributed by atoms with Crippen LogP contribution in [0.25, 0.3) is 0 Å². The Labute approximate surface area is 165 Å². The largest absolute Gasteiger partial charge is 0.497 e. The van der Waals surface area contributed by atoms with Crippen molar-refractivity contribution in [1.82, 2.24) is 15.3 Å². The number of benzene rings is 1. The number of carbonyl (C=O) groups excluding carboxylic acids is 1. The van der Waals surface area contributed by atoms with E-state index in [4.69, 9.17) is 4.74 Å². The molecule has 2 aromatic rings. The highest BCUT2D eigenvalue weighted by Crippen LogP contribution is 2.24. The highest BCUT2D eigenvalue weighted by atomic mass is 19.1. The number of rotatable bonds is 7. The quantitative estimate of drug-likeness (QED) is 0.793. The molecule has 7 heteroatoms. The van der Waals surface area contributed by atoms with E-state index in [0.29, 0.717) is 37.4 Å². The van der Waals surface area contributed by atoms with Crippen molar-refractivity contribution in [1.29, 1.82) is 0 Å². The second-order valence-corrected chi connectivity index (χ2v) is 7.09. The number of halogens is 1. The SMILES string of the molecule is CCc1ncnc(N2CCC[C@@H](CNC(=O)Cc3ccc(OC)cc3)C2)c1F. The highest BCUT2D eigenvalue weighted by molar-refractivity contribution is 5.78. The maximum atomic E-state index is 14.5. The second-order valence-electron chi connectivity index (χ2n) is 7.09. The van der Waals surface area contributed by atoms with Gasteiger partial charge in [0.05, 0.1) is 19.2 Å². The van der Waals surface area contributed by atoms with Gasteiger partial charge in [0.2, 0.25) is 5.91 Å². The Hall–Kier alpha value is -2.70. The number of methoxy groups -OCH3 is 1. The monoisotopic (exact) mass is 386 g/mol. The Morgan fingerprint density at radius 2 is 2.11 bits per heavy atom. The summed E-state index contributed by atoms with van der Waals surface area (Å²) in [5.74, 6) is 1.08. The summed E-state index contributed by atoms with van der Waals surface area (Å²) in [5, 5.41) is 3.02. The Bertz CT molecular complexity index is 797. The number of hydrogen-bond donors (Lipinski definition) is 1. The van der Waals surface area contributed by atoms with Crippen molar-refractivity contribution >= 4 is 11.7 Å². The van der Waals surface area contributed by atoms with E-state index in [2.05, 4.69) is 15.3 Å². The minimum absolute atomic E-state index is 0.0104. The third kappa shape index (κ3) is 4.97. The Morgan fingerprint density at radius 1 is 1.32 bits per heavy atom. The number of nitrogens with one attached hydrogen (secondary N) is 1. The average Bonchev–Trinajstić information content (AvgIpc) is 2.73. The van der Waals surface area contributed by atoms with Crippen molar-refractivity contribution in [3.05, 3.63) is 47.7 Å². The molecule has 2 heterocycles. The predicted octanol–water partition coefficient (Wildman–Crippen LogP) is 2.76. The van der Waals surface area contributed by atoms with Crippen LogP contribution < -0.4 is 15.0 Å². The van der Waals surface area contributed by atoms with E-state index in [-0.39, 0.29) is 17.6 Å². The Balaban J connectivity index is 1.52. The van der Waals surface area contributed by atoms with Gasteiger partial charge in [-0.2, -0.15) is 0 Å². The van der Waals surface area contributed by atoms with E-state index in [1.54, 1.807) is 7.11 Å². The standard InChI is InChI=1S/C21H27FN4O2/c1-3-18-20(22)21(25-14-24-18)26-10-4-5-16(13-26)12-23-19(27)11-15-6-8-17(28-2)9-7-15/h6-9,14,16H,3-5,10-13H2,1-2H3,(H,23,27)/t16-/m0/s1. The summed E-state index contributed by atoms with van der Waals surface area (Å²) >= 11 is 0. The number of carbonyl (C=O) groups is 1. The lowest BCUT2D eigenvalue weighted by atomic mass is 9.97. The summed E-state index contributed by atoms with van der Waals surface area (Å²) in [5.41, 5.74) is 1.39. The first-order valence-electron chi connectivity index (χ1n) is 9.74. The van der Waals surface area contributed by atoms with Crippen LogP contribution in [0.1, 0.15) is 31.0 Å². The Kier molecular flexibility index (Phi) is 6.79.